The second-order valence-electron chi connectivity index (χ2n) is 5.65. The molecule has 0 N–H and O–H groups in total. The number of para-hydroxylation sites is 1. The molecule has 0 aliphatic rings. The molecule has 0 aliphatic heterocycles. The second kappa shape index (κ2) is 12.6. The highest BCUT2D eigenvalue weighted by molar-refractivity contribution is 8.76. The standard InChI is InChI=1S/C20H19NO7S2/c1-2-11-29-30-12-10-19(22)28-18-9-4-3-8-17(18)20(23)27-16-7-5-6-15(13-16)14-26-21(24)25/h2-9,13H,1,10-12,14H2. The molecular formula is C20H19NO7S2. The van der Waals surface area contributed by atoms with Crippen molar-refractivity contribution < 1.29 is 29.0 Å². The van der Waals surface area contributed by atoms with E-state index in [-0.39, 0.29) is 30.1 Å². The summed E-state index contributed by atoms with van der Waals surface area (Å²) < 4.78 is 10.6. The van der Waals surface area contributed by atoms with Crippen molar-refractivity contribution in [2.24, 2.45) is 0 Å². The molecule has 10 heteroatoms. The lowest BCUT2D eigenvalue weighted by molar-refractivity contribution is -0.763. The molecular weight excluding hydrogens is 430 g/mol. The molecule has 0 heterocycles. The molecule has 2 rings (SSSR count). The molecule has 0 aliphatic carbocycles. The largest absolute Gasteiger partial charge is 0.426 e. The van der Waals surface area contributed by atoms with Crippen LogP contribution in [0, 0.1) is 10.1 Å². The third kappa shape index (κ3) is 8.18. The molecule has 0 spiro atoms. The molecule has 0 fully saturated rings. The first kappa shape index (κ1) is 23.3. The third-order valence-electron chi connectivity index (χ3n) is 3.44. The molecule has 30 heavy (non-hydrogen) atoms. The molecule has 0 bridgehead atoms. The highest BCUT2D eigenvalue weighted by atomic mass is 33.1. The Labute approximate surface area is 181 Å². The fraction of sp³-hybridized carbons (Fsp3) is 0.200. The Hall–Kier alpha value is -2.98. The first-order valence-electron chi connectivity index (χ1n) is 8.73. The molecule has 0 saturated heterocycles. The molecule has 0 atom stereocenters. The van der Waals surface area contributed by atoms with Gasteiger partial charge in [-0.1, -0.05) is 51.9 Å². The van der Waals surface area contributed by atoms with E-state index in [1.165, 1.54) is 35.1 Å². The Morgan fingerprint density at radius 1 is 1.10 bits per heavy atom. The average molecular weight is 450 g/mol. The van der Waals surface area contributed by atoms with Crippen LogP contribution in [0.15, 0.2) is 61.2 Å². The molecule has 8 nitrogen and oxygen atoms in total. The van der Waals surface area contributed by atoms with Gasteiger partial charge in [0.25, 0.3) is 5.09 Å². The van der Waals surface area contributed by atoms with Gasteiger partial charge < -0.3 is 14.3 Å². The summed E-state index contributed by atoms with van der Waals surface area (Å²) in [5, 5.41) is 9.41. The Morgan fingerprint density at radius 3 is 2.67 bits per heavy atom. The maximum Gasteiger partial charge on any atom is 0.347 e. The Bertz CT molecular complexity index is 904. The molecule has 0 radical (unpaired) electrons. The van der Waals surface area contributed by atoms with Gasteiger partial charge in [0, 0.05) is 11.5 Å². The summed E-state index contributed by atoms with van der Waals surface area (Å²) in [5.41, 5.74) is 0.551. The van der Waals surface area contributed by atoms with Crippen molar-refractivity contribution in [3.8, 4) is 11.5 Å². The zero-order chi connectivity index (χ0) is 21.8. The minimum atomic E-state index is -0.903. The molecule has 158 valence electrons. The number of hydrogen-bond donors (Lipinski definition) is 0. The number of benzene rings is 2. The van der Waals surface area contributed by atoms with Crippen LogP contribution >= 0.6 is 21.6 Å². The number of rotatable bonds is 12. The summed E-state index contributed by atoms with van der Waals surface area (Å²) in [6, 6.07) is 12.4. The maximum absolute atomic E-state index is 12.6. The number of esters is 2. The van der Waals surface area contributed by atoms with Crippen LogP contribution in [0.1, 0.15) is 22.3 Å². The van der Waals surface area contributed by atoms with Crippen molar-refractivity contribution in [3.05, 3.63) is 82.4 Å². The van der Waals surface area contributed by atoms with Gasteiger partial charge in [0.1, 0.15) is 23.7 Å². The number of nitrogens with zero attached hydrogens (tertiary/aromatic N) is 1. The van der Waals surface area contributed by atoms with E-state index in [9.17, 15) is 19.7 Å². The van der Waals surface area contributed by atoms with Crippen LogP contribution in [0.5, 0.6) is 11.5 Å². The highest BCUT2D eigenvalue weighted by Gasteiger charge is 2.17. The normalized spacial score (nSPS) is 10.1. The van der Waals surface area contributed by atoms with Crippen LogP contribution < -0.4 is 9.47 Å². The number of carbonyl (C=O) groups excluding carboxylic acids is 2. The Kier molecular flexibility index (Phi) is 9.75. The lowest BCUT2D eigenvalue weighted by Crippen LogP contribution is -2.14. The maximum atomic E-state index is 12.6. The lowest BCUT2D eigenvalue weighted by atomic mass is 10.2. The van der Waals surface area contributed by atoms with Crippen molar-refractivity contribution in [2.75, 3.05) is 11.5 Å². The van der Waals surface area contributed by atoms with Crippen LogP contribution in [0.4, 0.5) is 0 Å². The monoisotopic (exact) mass is 449 g/mol. The molecule has 0 saturated carbocycles. The highest BCUT2D eigenvalue weighted by Crippen LogP contribution is 2.24. The zero-order valence-electron chi connectivity index (χ0n) is 15.9. The summed E-state index contributed by atoms with van der Waals surface area (Å²) in [6.07, 6.45) is 1.97. The molecule has 0 aromatic heterocycles. The van der Waals surface area contributed by atoms with Gasteiger partial charge in [-0.25, -0.2) is 4.79 Å². The van der Waals surface area contributed by atoms with Gasteiger partial charge in [-0.05, 0) is 29.8 Å². The summed E-state index contributed by atoms with van der Waals surface area (Å²) in [4.78, 5) is 39.2. The second-order valence-corrected chi connectivity index (χ2v) is 8.28. The SMILES string of the molecule is C=CCSSCCC(=O)Oc1ccccc1C(=O)Oc1cccc(CO[N+](=O)[O-])c1. The van der Waals surface area contributed by atoms with E-state index in [0.717, 1.165) is 5.75 Å². The Morgan fingerprint density at radius 2 is 1.90 bits per heavy atom. The first-order valence-corrected chi connectivity index (χ1v) is 11.2. The average Bonchev–Trinajstić information content (AvgIpc) is 2.72. The minimum absolute atomic E-state index is 0.0893. The molecule has 2 aromatic carbocycles. The zero-order valence-corrected chi connectivity index (χ0v) is 17.5. The quantitative estimate of drug-likeness (QED) is 0.0882. The van der Waals surface area contributed by atoms with E-state index in [1.54, 1.807) is 41.1 Å². The lowest BCUT2D eigenvalue weighted by Gasteiger charge is -2.10. The summed E-state index contributed by atoms with van der Waals surface area (Å²) in [5.74, 6) is 0.462. The predicted molar refractivity (Wildman–Crippen MR) is 115 cm³/mol. The van der Waals surface area contributed by atoms with Gasteiger partial charge in [0.15, 0.2) is 0 Å². The van der Waals surface area contributed by atoms with Crippen LogP contribution in [0.3, 0.4) is 0 Å². The predicted octanol–water partition coefficient (Wildman–Crippen LogP) is 4.48. The van der Waals surface area contributed by atoms with Crippen LogP contribution in [0.2, 0.25) is 0 Å². The first-order chi connectivity index (χ1) is 14.5. The van der Waals surface area contributed by atoms with E-state index in [0.29, 0.717) is 11.3 Å². The summed E-state index contributed by atoms with van der Waals surface area (Å²) in [6.45, 7) is 3.36. The molecule has 2 aromatic rings. The van der Waals surface area contributed by atoms with Crippen molar-refractivity contribution in [1.29, 1.82) is 0 Å². The van der Waals surface area contributed by atoms with Crippen molar-refractivity contribution in [3.63, 3.8) is 0 Å². The number of ether oxygens (including phenoxy) is 2. The summed E-state index contributed by atoms with van der Waals surface area (Å²) in [7, 11) is 3.12. The summed E-state index contributed by atoms with van der Waals surface area (Å²) >= 11 is 0. The topological polar surface area (TPSA) is 105 Å². The van der Waals surface area contributed by atoms with Gasteiger partial charge in [-0.3, -0.25) is 4.79 Å². The fourth-order valence-electron chi connectivity index (χ4n) is 2.17. The van der Waals surface area contributed by atoms with E-state index in [4.69, 9.17) is 9.47 Å². The van der Waals surface area contributed by atoms with Gasteiger partial charge in [0.2, 0.25) is 0 Å². The van der Waals surface area contributed by atoms with Crippen molar-refractivity contribution in [1.82, 2.24) is 0 Å². The smallest absolute Gasteiger partial charge is 0.347 e. The van der Waals surface area contributed by atoms with Gasteiger partial charge in [0.05, 0.1) is 6.42 Å². The number of carbonyl (C=O) groups is 2. The van der Waals surface area contributed by atoms with E-state index < -0.39 is 17.0 Å². The third-order valence-corrected chi connectivity index (χ3v) is 5.75. The number of hydrogen-bond acceptors (Lipinski definition) is 9. The van der Waals surface area contributed by atoms with Gasteiger partial charge in [-0.15, -0.1) is 16.7 Å². The van der Waals surface area contributed by atoms with E-state index >= 15 is 0 Å². The Balaban J connectivity index is 1.98. The molecule has 0 amide bonds. The minimum Gasteiger partial charge on any atom is -0.426 e. The van der Waals surface area contributed by atoms with Crippen LogP contribution in [-0.2, 0) is 16.2 Å². The van der Waals surface area contributed by atoms with Gasteiger partial charge >= 0.3 is 11.9 Å². The van der Waals surface area contributed by atoms with Crippen LogP contribution in [-0.4, -0.2) is 28.5 Å². The van der Waals surface area contributed by atoms with Crippen molar-refractivity contribution in [2.45, 2.75) is 13.0 Å². The van der Waals surface area contributed by atoms with Gasteiger partial charge in [-0.2, -0.15) is 0 Å². The van der Waals surface area contributed by atoms with E-state index in [1.807, 2.05) is 0 Å². The van der Waals surface area contributed by atoms with Crippen molar-refractivity contribution >= 4 is 33.5 Å². The van der Waals surface area contributed by atoms with Crippen LogP contribution in [0.25, 0.3) is 0 Å². The van der Waals surface area contributed by atoms with E-state index in [2.05, 4.69) is 11.4 Å². The fourth-order valence-corrected chi connectivity index (χ4v) is 3.91. The molecule has 0 unspecified atom stereocenters.